The van der Waals surface area contributed by atoms with Crippen molar-refractivity contribution in [1.29, 1.82) is 0 Å². The molecule has 6 heteroatoms. The maximum atomic E-state index is 12.3. The van der Waals surface area contributed by atoms with Crippen molar-refractivity contribution in [2.45, 2.75) is 31.2 Å². The minimum atomic E-state index is -4.20. The van der Waals surface area contributed by atoms with Gasteiger partial charge in [0, 0.05) is 5.39 Å². The number of nitrogens with two attached hydrogens (primary N) is 1. The van der Waals surface area contributed by atoms with Crippen LogP contribution in [0.4, 0.5) is 0 Å². The SMILES string of the molecule is CC(C)C[C@H](N)C(=O)OS(=O)(=O)c1cccc2ccccc12. The third-order valence-corrected chi connectivity index (χ3v) is 4.52. The van der Waals surface area contributed by atoms with Gasteiger partial charge in [-0.15, -0.1) is 0 Å². The molecule has 0 saturated carbocycles. The van der Waals surface area contributed by atoms with E-state index in [1.165, 1.54) is 6.07 Å². The summed E-state index contributed by atoms with van der Waals surface area (Å²) in [6.45, 7) is 3.79. The molecule has 0 amide bonds. The van der Waals surface area contributed by atoms with Crippen molar-refractivity contribution < 1.29 is 17.4 Å². The predicted octanol–water partition coefficient (Wildman–Crippen LogP) is 2.45. The van der Waals surface area contributed by atoms with E-state index in [1.54, 1.807) is 30.3 Å². The molecule has 2 N–H and O–H groups in total. The van der Waals surface area contributed by atoms with Crippen LogP contribution < -0.4 is 5.73 Å². The zero-order chi connectivity index (χ0) is 16.3. The van der Waals surface area contributed by atoms with E-state index in [4.69, 9.17) is 9.92 Å². The van der Waals surface area contributed by atoms with Crippen molar-refractivity contribution in [2.24, 2.45) is 11.7 Å². The Balaban J connectivity index is 2.32. The molecule has 5 nitrogen and oxygen atoms in total. The molecular weight excluding hydrogens is 302 g/mol. The molecule has 2 aromatic carbocycles. The van der Waals surface area contributed by atoms with Crippen molar-refractivity contribution in [2.75, 3.05) is 0 Å². The maximum absolute atomic E-state index is 12.3. The molecule has 2 rings (SSSR count). The number of hydrogen-bond donors (Lipinski definition) is 1. The average Bonchev–Trinajstić information content (AvgIpc) is 2.45. The van der Waals surface area contributed by atoms with E-state index < -0.39 is 22.1 Å². The van der Waals surface area contributed by atoms with Crippen molar-refractivity contribution in [3.63, 3.8) is 0 Å². The summed E-state index contributed by atoms with van der Waals surface area (Å²) in [5.74, 6) is -0.760. The fraction of sp³-hybridized carbons (Fsp3) is 0.312. The zero-order valence-electron chi connectivity index (χ0n) is 12.5. The van der Waals surface area contributed by atoms with E-state index in [9.17, 15) is 13.2 Å². The first kappa shape index (κ1) is 16.5. The summed E-state index contributed by atoms with van der Waals surface area (Å²) in [5.41, 5.74) is 5.68. The van der Waals surface area contributed by atoms with Gasteiger partial charge in [0.2, 0.25) is 0 Å². The fourth-order valence-electron chi connectivity index (χ4n) is 2.23. The van der Waals surface area contributed by atoms with Crippen LogP contribution in [0, 0.1) is 5.92 Å². The first-order valence-corrected chi connectivity index (χ1v) is 8.44. The normalized spacial score (nSPS) is 13.3. The van der Waals surface area contributed by atoms with Gasteiger partial charge in [-0.25, -0.2) is 4.79 Å². The minimum Gasteiger partial charge on any atom is -0.341 e. The molecule has 0 spiro atoms. The summed E-state index contributed by atoms with van der Waals surface area (Å²) in [7, 11) is -4.20. The van der Waals surface area contributed by atoms with Gasteiger partial charge in [-0.2, -0.15) is 8.42 Å². The topological polar surface area (TPSA) is 86.5 Å². The Morgan fingerprint density at radius 2 is 1.77 bits per heavy atom. The molecule has 2 aromatic rings. The van der Waals surface area contributed by atoms with Crippen LogP contribution in [0.2, 0.25) is 0 Å². The van der Waals surface area contributed by atoms with Crippen molar-refractivity contribution in [3.8, 4) is 0 Å². The van der Waals surface area contributed by atoms with Crippen LogP contribution in [0.25, 0.3) is 10.8 Å². The van der Waals surface area contributed by atoms with Crippen molar-refractivity contribution in [1.82, 2.24) is 0 Å². The Kier molecular flexibility index (Phi) is 4.83. The lowest BCUT2D eigenvalue weighted by Crippen LogP contribution is -2.35. The van der Waals surface area contributed by atoms with Crippen LogP contribution >= 0.6 is 0 Å². The van der Waals surface area contributed by atoms with E-state index in [2.05, 4.69) is 0 Å². The van der Waals surface area contributed by atoms with Gasteiger partial charge in [0.25, 0.3) is 0 Å². The highest BCUT2D eigenvalue weighted by Crippen LogP contribution is 2.24. The van der Waals surface area contributed by atoms with Crippen LogP contribution in [0.5, 0.6) is 0 Å². The van der Waals surface area contributed by atoms with Gasteiger partial charge < -0.3 is 9.92 Å². The third kappa shape index (κ3) is 3.64. The van der Waals surface area contributed by atoms with Crippen LogP contribution in [0.1, 0.15) is 20.3 Å². The first-order chi connectivity index (χ1) is 10.3. The molecule has 0 radical (unpaired) electrons. The second-order valence-electron chi connectivity index (χ2n) is 5.57. The van der Waals surface area contributed by atoms with E-state index in [0.29, 0.717) is 11.8 Å². The summed E-state index contributed by atoms with van der Waals surface area (Å²) in [6.07, 6.45) is 0.365. The lowest BCUT2D eigenvalue weighted by molar-refractivity contribution is -0.135. The van der Waals surface area contributed by atoms with Crippen LogP contribution in [-0.4, -0.2) is 20.4 Å². The summed E-state index contributed by atoms with van der Waals surface area (Å²) >= 11 is 0. The molecule has 22 heavy (non-hydrogen) atoms. The van der Waals surface area contributed by atoms with Crippen LogP contribution in [0.15, 0.2) is 47.4 Å². The first-order valence-electron chi connectivity index (χ1n) is 7.03. The lowest BCUT2D eigenvalue weighted by atomic mass is 10.1. The Labute approximate surface area is 130 Å². The Morgan fingerprint density at radius 1 is 1.14 bits per heavy atom. The van der Waals surface area contributed by atoms with Gasteiger partial charge in [0.15, 0.2) is 0 Å². The van der Waals surface area contributed by atoms with Gasteiger partial charge in [-0.1, -0.05) is 50.2 Å². The van der Waals surface area contributed by atoms with Crippen molar-refractivity contribution >= 4 is 26.9 Å². The second kappa shape index (κ2) is 6.46. The smallest absolute Gasteiger partial charge is 0.341 e. The van der Waals surface area contributed by atoms with Gasteiger partial charge >= 0.3 is 16.1 Å². The highest BCUT2D eigenvalue weighted by Gasteiger charge is 2.26. The Bertz CT molecular complexity index is 778. The lowest BCUT2D eigenvalue weighted by Gasteiger charge is -2.14. The molecule has 0 heterocycles. The van der Waals surface area contributed by atoms with Gasteiger partial charge in [-0.3, -0.25) is 0 Å². The summed E-state index contributed by atoms with van der Waals surface area (Å²) in [4.78, 5) is 11.8. The number of carbonyl (C=O) groups is 1. The monoisotopic (exact) mass is 321 g/mol. The highest BCUT2D eigenvalue weighted by molar-refractivity contribution is 7.87. The molecule has 0 aromatic heterocycles. The molecule has 0 aliphatic carbocycles. The van der Waals surface area contributed by atoms with E-state index in [0.717, 1.165) is 5.39 Å². The quantitative estimate of drug-likeness (QED) is 0.855. The third-order valence-electron chi connectivity index (χ3n) is 3.24. The minimum absolute atomic E-state index is 0.0318. The number of benzene rings is 2. The molecule has 0 saturated heterocycles. The Hall–Kier alpha value is -1.92. The molecule has 0 fully saturated rings. The molecule has 1 atom stereocenters. The largest absolute Gasteiger partial charge is 0.342 e. The highest BCUT2D eigenvalue weighted by atomic mass is 32.2. The summed E-state index contributed by atoms with van der Waals surface area (Å²) in [6, 6.07) is 10.9. The zero-order valence-corrected chi connectivity index (χ0v) is 13.3. The van der Waals surface area contributed by atoms with Crippen LogP contribution in [-0.2, 0) is 19.1 Å². The maximum Gasteiger partial charge on any atom is 0.342 e. The van der Waals surface area contributed by atoms with Crippen LogP contribution in [0.3, 0.4) is 0 Å². The predicted molar refractivity (Wildman–Crippen MR) is 84.7 cm³/mol. The van der Waals surface area contributed by atoms with Gasteiger partial charge in [0.1, 0.15) is 10.9 Å². The molecule has 118 valence electrons. The fourth-order valence-corrected chi connectivity index (χ4v) is 3.36. The van der Waals surface area contributed by atoms with E-state index in [1.807, 2.05) is 19.9 Å². The standard InChI is InChI=1S/C16H19NO4S/c1-11(2)10-14(17)16(18)21-22(19,20)15-9-5-7-12-6-3-4-8-13(12)15/h3-9,11,14H,10,17H2,1-2H3/t14-/m0/s1. The van der Waals surface area contributed by atoms with Gasteiger partial charge in [0.05, 0.1) is 0 Å². The molecular formula is C16H19NO4S. The number of fused-ring (bicyclic) bond motifs is 1. The number of carbonyl (C=O) groups excluding carboxylic acids is 1. The molecule has 0 aliphatic rings. The summed E-state index contributed by atoms with van der Waals surface area (Å²) < 4.78 is 29.4. The van der Waals surface area contributed by atoms with Gasteiger partial charge in [-0.05, 0) is 23.8 Å². The number of rotatable bonds is 5. The summed E-state index contributed by atoms with van der Waals surface area (Å²) in [5, 5.41) is 1.27. The van der Waals surface area contributed by atoms with E-state index >= 15 is 0 Å². The molecule has 0 aliphatic heterocycles. The average molecular weight is 321 g/mol. The van der Waals surface area contributed by atoms with Crippen molar-refractivity contribution in [3.05, 3.63) is 42.5 Å². The Morgan fingerprint density at radius 3 is 2.45 bits per heavy atom. The van der Waals surface area contributed by atoms with E-state index in [-0.39, 0.29) is 10.8 Å². The second-order valence-corrected chi connectivity index (χ2v) is 7.08. The molecule has 0 bridgehead atoms. The number of hydrogen-bond acceptors (Lipinski definition) is 5. The molecule has 0 unspecified atom stereocenters.